The maximum absolute atomic E-state index is 14.2. The van der Waals surface area contributed by atoms with E-state index < -0.39 is 6.10 Å². The molecule has 0 saturated heterocycles. The van der Waals surface area contributed by atoms with Crippen molar-refractivity contribution in [3.63, 3.8) is 0 Å². The zero-order valence-corrected chi connectivity index (χ0v) is 13.1. The van der Waals surface area contributed by atoms with Crippen molar-refractivity contribution in [2.45, 2.75) is 26.0 Å². The van der Waals surface area contributed by atoms with Gasteiger partial charge in [0.25, 0.3) is 0 Å². The van der Waals surface area contributed by atoms with E-state index in [4.69, 9.17) is 11.6 Å². The second-order valence-corrected chi connectivity index (χ2v) is 5.66. The van der Waals surface area contributed by atoms with Crippen LogP contribution in [0.15, 0.2) is 42.5 Å². The Morgan fingerprint density at radius 1 is 1.05 bits per heavy atom. The molecule has 0 fully saturated rings. The third-order valence-corrected chi connectivity index (χ3v) is 4.02. The minimum atomic E-state index is -0.674. The molecule has 0 aliphatic heterocycles. The molecule has 0 radical (unpaired) electrons. The molecule has 0 aliphatic carbocycles. The molecule has 0 amide bonds. The highest BCUT2D eigenvalue weighted by Crippen LogP contribution is 2.29. The van der Waals surface area contributed by atoms with Crippen molar-refractivity contribution in [2.75, 3.05) is 11.9 Å². The first-order valence-electron chi connectivity index (χ1n) is 6.86. The maximum atomic E-state index is 14.2. The summed E-state index contributed by atoms with van der Waals surface area (Å²) in [6.45, 7) is 3.62. The van der Waals surface area contributed by atoms with E-state index in [2.05, 4.69) is 0 Å². The third kappa shape index (κ3) is 3.55. The van der Waals surface area contributed by atoms with Crippen LogP contribution < -0.4 is 4.90 Å². The average molecular weight is 308 g/mol. The molecule has 1 N–H and O–H groups in total. The van der Waals surface area contributed by atoms with Crippen LogP contribution in [0.3, 0.4) is 0 Å². The van der Waals surface area contributed by atoms with Crippen LogP contribution in [-0.4, -0.2) is 12.2 Å². The number of rotatable bonds is 4. The van der Waals surface area contributed by atoms with Crippen molar-refractivity contribution in [2.24, 2.45) is 0 Å². The molecule has 2 rings (SSSR count). The van der Waals surface area contributed by atoms with E-state index in [0.717, 1.165) is 5.56 Å². The highest BCUT2D eigenvalue weighted by molar-refractivity contribution is 6.30. The predicted octanol–water partition coefficient (Wildman–Crippen LogP) is 4.73. The van der Waals surface area contributed by atoms with Crippen LogP contribution in [-0.2, 0) is 0 Å². The largest absolute Gasteiger partial charge is 0.389 e. The molecule has 0 heterocycles. The summed E-state index contributed by atoms with van der Waals surface area (Å²) in [6, 6.07) is 12.4. The molecule has 0 saturated carbocycles. The minimum absolute atomic E-state index is 0.00849. The number of nitrogens with zero attached hydrogens (tertiary/aromatic N) is 1. The summed E-state index contributed by atoms with van der Waals surface area (Å²) in [6.07, 6.45) is -0.674. The Bertz CT molecular complexity index is 613. The van der Waals surface area contributed by atoms with Crippen molar-refractivity contribution in [1.29, 1.82) is 0 Å². The summed E-state index contributed by atoms with van der Waals surface area (Å²) in [7, 11) is 1.85. The molecular formula is C17H19ClFNO. The molecular weight excluding hydrogens is 289 g/mol. The Morgan fingerprint density at radius 3 is 2.14 bits per heavy atom. The number of benzene rings is 2. The summed E-state index contributed by atoms with van der Waals surface area (Å²) in [5.74, 6) is -0.336. The van der Waals surface area contributed by atoms with E-state index in [1.165, 1.54) is 6.07 Å². The highest BCUT2D eigenvalue weighted by Gasteiger charge is 2.16. The summed E-state index contributed by atoms with van der Waals surface area (Å²) in [5.41, 5.74) is 2.13. The monoisotopic (exact) mass is 307 g/mol. The molecule has 21 heavy (non-hydrogen) atoms. The van der Waals surface area contributed by atoms with E-state index in [9.17, 15) is 9.50 Å². The Kier molecular flexibility index (Phi) is 4.86. The lowest BCUT2D eigenvalue weighted by Crippen LogP contribution is -2.22. The van der Waals surface area contributed by atoms with Gasteiger partial charge in [-0.3, -0.25) is 0 Å². The van der Waals surface area contributed by atoms with Crippen molar-refractivity contribution in [3.05, 3.63) is 64.4 Å². The van der Waals surface area contributed by atoms with Gasteiger partial charge in [0, 0.05) is 12.1 Å². The number of aliphatic hydroxyl groups excluding tert-OH is 1. The van der Waals surface area contributed by atoms with Gasteiger partial charge < -0.3 is 10.0 Å². The first-order valence-corrected chi connectivity index (χ1v) is 7.23. The lowest BCUT2D eigenvalue weighted by atomic mass is 10.1. The maximum Gasteiger partial charge on any atom is 0.146 e. The van der Waals surface area contributed by atoms with Gasteiger partial charge in [0.1, 0.15) is 5.82 Å². The first kappa shape index (κ1) is 15.8. The van der Waals surface area contributed by atoms with Crippen LogP contribution >= 0.6 is 11.6 Å². The van der Waals surface area contributed by atoms with Crippen LogP contribution in [0.2, 0.25) is 5.02 Å². The molecule has 1 unspecified atom stereocenters. The van der Waals surface area contributed by atoms with Gasteiger partial charge in [-0.15, -0.1) is 0 Å². The average Bonchev–Trinajstić information content (AvgIpc) is 2.46. The fourth-order valence-corrected chi connectivity index (χ4v) is 2.37. The molecule has 2 aromatic rings. The van der Waals surface area contributed by atoms with Gasteiger partial charge in [-0.1, -0.05) is 29.8 Å². The zero-order valence-electron chi connectivity index (χ0n) is 12.3. The molecule has 0 spiro atoms. The summed E-state index contributed by atoms with van der Waals surface area (Å²) in [5, 5.41) is 10.2. The molecule has 0 aromatic heterocycles. The van der Waals surface area contributed by atoms with E-state index >= 15 is 0 Å². The fraction of sp³-hybridized carbons (Fsp3) is 0.294. The Balaban J connectivity index is 2.26. The van der Waals surface area contributed by atoms with Gasteiger partial charge in [0.2, 0.25) is 0 Å². The molecule has 0 aliphatic rings. The van der Waals surface area contributed by atoms with Crippen molar-refractivity contribution < 1.29 is 9.50 Å². The van der Waals surface area contributed by atoms with Gasteiger partial charge in [0.05, 0.1) is 17.8 Å². The van der Waals surface area contributed by atoms with E-state index in [-0.39, 0.29) is 11.9 Å². The van der Waals surface area contributed by atoms with Crippen LogP contribution in [0, 0.1) is 5.82 Å². The standard InChI is InChI=1S/C17H19ClFNO/c1-11(13-4-7-15(18)8-5-13)20(3)17-9-6-14(12(2)21)10-16(17)19/h4-12,21H,1-3H3/t11?,12-/m1/s1. The van der Waals surface area contributed by atoms with Crippen LogP contribution in [0.1, 0.15) is 37.1 Å². The molecule has 2 nitrogen and oxygen atoms in total. The quantitative estimate of drug-likeness (QED) is 0.882. The number of hydrogen-bond acceptors (Lipinski definition) is 2. The molecule has 2 atom stereocenters. The summed E-state index contributed by atoms with van der Waals surface area (Å²) < 4.78 is 14.2. The van der Waals surface area contributed by atoms with Gasteiger partial charge in [0.15, 0.2) is 0 Å². The summed E-state index contributed by atoms with van der Waals surface area (Å²) >= 11 is 5.89. The first-order chi connectivity index (χ1) is 9.90. The van der Waals surface area contributed by atoms with Crippen molar-refractivity contribution in [1.82, 2.24) is 0 Å². The van der Waals surface area contributed by atoms with Gasteiger partial charge in [-0.05, 0) is 49.2 Å². The normalized spacial score (nSPS) is 13.8. The van der Waals surface area contributed by atoms with Gasteiger partial charge in [-0.25, -0.2) is 4.39 Å². The highest BCUT2D eigenvalue weighted by atomic mass is 35.5. The van der Waals surface area contributed by atoms with Crippen LogP contribution in [0.25, 0.3) is 0 Å². The number of aliphatic hydroxyl groups is 1. The van der Waals surface area contributed by atoms with Crippen molar-refractivity contribution >= 4 is 17.3 Å². The van der Waals surface area contributed by atoms with Gasteiger partial charge in [-0.2, -0.15) is 0 Å². The SMILES string of the molecule is CC(c1ccc(Cl)cc1)N(C)c1ccc([C@@H](C)O)cc1F. The lowest BCUT2D eigenvalue weighted by molar-refractivity contribution is 0.199. The number of anilines is 1. The van der Waals surface area contributed by atoms with Crippen LogP contribution in [0.4, 0.5) is 10.1 Å². The Morgan fingerprint density at radius 2 is 1.62 bits per heavy atom. The van der Waals surface area contributed by atoms with E-state index in [0.29, 0.717) is 16.3 Å². The topological polar surface area (TPSA) is 23.5 Å². The van der Waals surface area contributed by atoms with Crippen molar-refractivity contribution in [3.8, 4) is 0 Å². The fourth-order valence-electron chi connectivity index (χ4n) is 2.24. The minimum Gasteiger partial charge on any atom is -0.389 e. The third-order valence-electron chi connectivity index (χ3n) is 3.77. The second-order valence-electron chi connectivity index (χ2n) is 5.23. The van der Waals surface area contributed by atoms with Gasteiger partial charge >= 0.3 is 0 Å². The Labute approximate surface area is 129 Å². The molecule has 2 aromatic carbocycles. The zero-order chi connectivity index (χ0) is 15.6. The second kappa shape index (κ2) is 6.46. The van der Waals surface area contributed by atoms with Crippen LogP contribution in [0.5, 0.6) is 0 Å². The summed E-state index contributed by atoms with van der Waals surface area (Å²) in [4.78, 5) is 1.87. The smallest absolute Gasteiger partial charge is 0.146 e. The molecule has 112 valence electrons. The molecule has 4 heteroatoms. The predicted molar refractivity (Wildman–Crippen MR) is 85.3 cm³/mol. The Hall–Kier alpha value is -1.58. The molecule has 0 bridgehead atoms. The van der Waals surface area contributed by atoms with E-state index in [1.807, 2.05) is 43.1 Å². The van der Waals surface area contributed by atoms with E-state index in [1.54, 1.807) is 19.1 Å². The number of halogens is 2. The lowest BCUT2D eigenvalue weighted by Gasteiger charge is -2.28. The number of hydrogen-bond donors (Lipinski definition) is 1.